The minimum atomic E-state index is 0.138. The second kappa shape index (κ2) is 6.33. The summed E-state index contributed by atoms with van der Waals surface area (Å²) in [5.41, 5.74) is 9.14. The van der Waals surface area contributed by atoms with Gasteiger partial charge in [-0.3, -0.25) is 0 Å². The van der Waals surface area contributed by atoms with Gasteiger partial charge >= 0.3 is 0 Å². The summed E-state index contributed by atoms with van der Waals surface area (Å²) >= 11 is 12.3. The minimum Gasteiger partial charge on any atom is -0.379 e. The van der Waals surface area contributed by atoms with Crippen molar-refractivity contribution in [3.63, 3.8) is 0 Å². The fourth-order valence-electron chi connectivity index (χ4n) is 2.68. The molecule has 2 aromatic carbocycles. The van der Waals surface area contributed by atoms with Crippen molar-refractivity contribution in [2.24, 2.45) is 0 Å². The maximum atomic E-state index is 8.95. The molecular formula is C17H10Cl2N6O. The van der Waals surface area contributed by atoms with Crippen LogP contribution in [0.15, 0.2) is 41.0 Å². The summed E-state index contributed by atoms with van der Waals surface area (Å²) in [6, 6.07) is 12.8. The number of nitriles is 1. The van der Waals surface area contributed by atoms with Gasteiger partial charge in [-0.2, -0.15) is 5.26 Å². The summed E-state index contributed by atoms with van der Waals surface area (Å²) in [4.78, 5) is 4.57. The van der Waals surface area contributed by atoms with Crippen molar-refractivity contribution in [3.05, 3.63) is 57.6 Å². The van der Waals surface area contributed by atoms with Gasteiger partial charge in [0.2, 0.25) is 0 Å². The molecule has 0 fully saturated rings. The van der Waals surface area contributed by atoms with E-state index in [4.69, 9.17) is 38.8 Å². The molecule has 4 aromatic rings. The van der Waals surface area contributed by atoms with Gasteiger partial charge in [0.05, 0.1) is 32.7 Å². The number of rotatable bonds is 3. The number of nitrogens with zero attached hydrogens (tertiary/aromatic N) is 5. The minimum absolute atomic E-state index is 0.138. The van der Waals surface area contributed by atoms with Crippen LogP contribution in [0.5, 0.6) is 0 Å². The Labute approximate surface area is 157 Å². The molecule has 0 spiro atoms. The zero-order valence-electron chi connectivity index (χ0n) is 13.1. The van der Waals surface area contributed by atoms with Crippen molar-refractivity contribution in [1.29, 1.82) is 5.26 Å². The fourth-order valence-corrected chi connectivity index (χ4v) is 2.99. The molecule has 128 valence electrons. The average Bonchev–Trinajstić information content (AvgIpc) is 3.20. The van der Waals surface area contributed by atoms with Crippen LogP contribution in [-0.2, 0) is 6.54 Å². The van der Waals surface area contributed by atoms with Gasteiger partial charge in [0.15, 0.2) is 17.3 Å². The monoisotopic (exact) mass is 384 g/mol. The molecule has 0 saturated carbocycles. The highest BCUT2D eigenvalue weighted by Gasteiger charge is 2.20. The van der Waals surface area contributed by atoms with Crippen LogP contribution in [-0.4, -0.2) is 19.9 Å². The Morgan fingerprint density at radius 3 is 2.50 bits per heavy atom. The highest BCUT2D eigenvalue weighted by molar-refractivity contribution is 6.42. The van der Waals surface area contributed by atoms with E-state index in [1.54, 1.807) is 24.3 Å². The van der Waals surface area contributed by atoms with Crippen molar-refractivity contribution >= 4 is 40.1 Å². The Kier molecular flexibility index (Phi) is 3.99. The number of aromatic nitrogens is 4. The van der Waals surface area contributed by atoms with Crippen molar-refractivity contribution < 1.29 is 4.63 Å². The molecule has 26 heavy (non-hydrogen) atoms. The molecule has 0 aliphatic heterocycles. The Hall–Kier alpha value is -3.08. The molecule has 0 saturated heterocycles. The topological polar surface area (TPSA) is 107 Å². The maximum Gasteiger partial charge on any atom is 0.199 e. The lowest BCUT2D eigenvalue weighted by atomic mass is 10.1. The van der Waals surface area contributed by atoms with E-state index in [0.717, 1.165) is 11.1 Å². The lowest BCUT2D eigenvalue weighted by Gasteiger charge is -2.09. The Balaban J connectivity index is 1.91. The van der Waals surface area contributed by atoms with E-state index >= 15 is 0 Å². The van der Waals surface area contributed by atoms with E-state index in [1.807, 2.05) is 16.7 Å². The van der Waals surface area contributed by atoms with Gasteiger partial charge in [-0.05, 0) is 40.1 Å². The molecule has 0 amide bonds. The van der Waals surface area contributed by atoms with Crippen LogP contribution >= 0.6 is 23.2 Å². The number of hydrogen-bond donors (Lipinski definition) is 1. The largest absolute Gasteiger partial charge is 0.379 e. The lowest BCUT2D eigenvalue weighted by molar-refractivity contribution is 0.310. The van der Waals surface area contributed by atoms with Gasteiger partial charge in [-0.15, -0.1) is 0 Å². The zero-order valence-corrected chi connectivity index (χ0v) is 14.7. The van der Waals surface area contributed by atoms with E-state index in [2.05, 4.69) is 21.4 Å². The number of hydrogen-bond acceptors (Lipinski definition) is 6. The van der Waals surface area contributed by atoms with Crippen LogP contribution in [0.25, 0.3) is 22.6 Å². The number of benzene rings is 2. The first-order valence-electron chi connectivity index (χ1n) is 7.49. The molecule has 7 nitrogen and oxygen atoms in total. The highest BCUT2D eigenvalue weighted by Crippen LogP contribution is 2.32. The first-order valence-corrected chi connectivity index (χ1v) is 8.25. The van der Waals surface area contributed by atoms with Crippen molar-refractivity contribution in [2.75, 3.05) is 5.73 Å². The summed E-state index contributed by atoms with van der Waals surface area (Å²) in [5.74, 6) is 0.625. The highest BCUT2D eigenvalue weighted by atomic mass is 35.5. The van der Waals surface area contributed by atoms with Crippen LogP contribution in [0.3, 0.4) is 0 Å². The smallest absolute Gasteiger partial charge is 0.199 e. The van der Waals surface area contributed by atoms with E-state index < -0.39 is 0 Å². The molecule has 0 atom stereocenters. The standard InChI is InChI=1S/C17H10Cl2N6O/c18-11-5-13-14(6-12(11)19)25(8-10-3-1-9(7-20)2-4-10)17(22-13)15-16(21)24-26-23-15/h1-6H,8H2,(H2,21,24). The number of imidazole rings is 1. The Morgan fingerprint density at radius 2 is 1.85 bits per heavy atom. The van der Waals surface area contributed by atoms with Crippen molar-refractivity contribution in [2.45, 2.75) is 6.54 Å². The molecule has 0 aliphatic rings. The third-order valence-electron chi connectivity index (χ3n) is 3.94. The second-order valence-electron chi connectivity index (χ2n) is 5.58. The normalized spacial score (nSPS) is 11.0. The van der Waals surface area contributed by atoms with Gasteiger partial charge in [0, 0.05) is 6.54 Å². The molecule has 0 unspecified atom stereocenters. The van der Waals surface area contributed by atoms with Gasteiger partial charge in [-0.25, -0.2) is 9.61 Å². The Morgan fingerprint density at radius 1 is 1.12 bits per heavy atom. The molecule has 0 bridgehead atoms. The van der Waals surface area contributed by atoms with Crippen molar-refractivity contribution in [3.8, 4) is 17.6 Å². The number of nitrogen functional groups attached to an aromatic ring is 1. The van der Waals surface area contributed by atoms with Crippen LogP contribution in [0, 0.1) is 11.3 Å². The fraction of sp³-hybridized carbons (Fsp3) is 0.0588. The van der Waals surface area contributed by atoms with E-state index in [-0.39, 0.29) is 5.82 Å². The zero-order chi connectivity index (χ0) is 18.3. The summed E-state index contributed by atoms with van der Waals surface area (Å²) < 4.78 is 6.61. The van der Waals surface area contributed by atoms with Crippen LogP contribution < -0.4 is 5.73 Å². The maximum absolute atomic E-state index is 8.95. The average molecular weight is 385 g/mol. The molecule has 2 aromatic heterocycles. The van der Waals surface area contributed by atoms with Gasteiger partial charge in [0.25, 0.3) is 0 Å². The summed E-state index contributed by atoms with van der Waals surface area (Å²) in [7, 11) is 0. The van der Waals surface area contributed by atoms with Gasteiger partial charge in [-0.1, -0.05) is 35.3 Å². The molecule has 0 aliphatic carbocycles. The third kappa shape index (κ3) is 2.75. The summed E-state index contributed by atoms with van der Waals surface area (Å²) in [6.45, 7) is 0.460. The second-order valence-corrected chi connectivity index (χ2v) is 6.40. The first kappa shape index (κ1) is 16.4. The number of fused-ring (bicyclic) bond motifs is 1. The first-order chi connectivity index (χ1) is 12.6. The number of anilines is 1. The molecule has 0 radical (unpaired) electrons. The lowest BCUT2D eigenvalue weighted by Crippen LogP contribution is -2.04. The molecule has 9 heteroatoms. The predicted octanol–water partition coefficient (Wildman–Crippen LogP) is 3.90. The molecule has 2 N–H and O–H groups in total. The number of halogens is 2. The molecular weight excluding hydrogens is 375 g/mol. The SMILES string of the molecule is N#Cc1ccc(Cn2c(-c3nonc3N)nc3cc(Cl)c(Cl)cc32)cc1. The van der Waals surface area contributed by atoms with E-state index in [1.165, 1.54) is 0 Å². The van der Waals surface area contributed by atoms with E-state index in [9.17, 15) is 0 Å². The predicted molar refractivity (Wildman–Crippen MR) is 97.7 cm³/mol. The molecule has 4 rings (SSSR count). The van der Waals surface area contributed by atoms with Gasteiger partial charge < -0.3 is 10.3 Å². The van der Waals surface area contributed by atoms with Crippen LogP contribution in [0.4, 0.5) is 5.82 Å². The van der Waals surface area contributed by atoms with Gasteiger partial charge in [0.1, 0.15) is 0 Å². The number of nitrogens with two attached hydrogens (primary N) is 1. The van der Waals surface area contributed by atoms with Crippen LogP contribution in [0.2, 0.25) is 10.0 Å². The summed E-state index contributed by atoms with van der Waals surface area (Å²) in [6.07, 6.45) is 0. The quantitative estimate of drug-likeness (QED) is 0.573. The van der Waals surface area contributed by atoms with Crippen LogP contribution in [0.1, 0.15) is 11.1 Å². The summed E-state index contributed by atoms with van der Waals surface area (Å²) in [5, 5.41) is 17.2. The third-order valence-corrected chi connectivity index (χ3v) is 4.66. The van der Waals surface area contributed by atoms with E-state index in [0.29, 0.717) is 39.2 Å². The Bertz CT molecular complexity index is 1160. The van der Waals surface area contributed by atoms with Crippen molar-refractivity contribution in [1.82, 2.24) is 19.9 Å². The molecule has 2 heterocycles.